The molecular weight excluding hydrogens is 217 g/mol. The summed E-state index contributed by atoms with van der Waals surface area (Å²) in [7, 11) is 0. The van der Waals surface area contributed by atoms with E-state index in [-0.39, 0.29) is 16.3 Å². The molecule has 80 valence electrons. The van der Waals surface area contributed by atoms with Gasteiger partial charge in [-0.25, -0.2) is 4.39 Å². The molecule has 2 nitrogen and oxygen atoms in total. The number of nitrogens with one attached hydrogen (secondary N) is 1. The predicted octanol–water partition coefficient (Wildman–Crippen LogP) is 2.26. The van der Waals surface area contributed by atoms with Crippen LogP contribution in [0.2, 0.25) is 5.02 Å². The SMILES string of the molecule is CC1(c2ccc(F)c(Cl)c2)CNC(=O)C1. The van der Waals surface area contributed by atoms with E-state index >= 15 is 0 Å². The number of hydrogen-bond donors (Lipinski definition) is 1. The van der Waals surface area contributed by atoms with Crippen LogP contribution in [0.25, 0.3) is 0 Å². The van der Waals surface area contributed by atoms with Gasteiger partial charge in [-0.15, -0.1) is 0 Å². The molecule has 1 unspecified atom stereocenters. The molecule has 1 N–H and O–H groups in total. The van der Waals surface area contributed by atoms with E-state index < -0.39 is 5.82 Å². The number of carbonyl (C=O) groups is 1. The Kier molecular flexibility index (Phi) is 2.43. The molecule has 0 radical (unpaired) electrons. The molecule has 1 aliphatic heterocycles. The van der Waals surface area contributed by atoms with Crippen molar-refractivity contribution in [3.63, 3.8) is 0 Å². The van der Waals surface area contributed by atoms with E-state index in [1.165, 1.54) is 6.07 Å². The van der Waals surface area contributed by atoms with Crippen LogP contribution in [-0.2, 0) is 10.2 Å². The first-order valence-electron chi connectivity index (χ1n) is 4.73. The Balaban J connectivity index is 2.37. The van der Waals surface area contributed by atoms with E-state index in [1.54, 1.807) is 12.1 Å². The van der Waals surface area contributed by atoms with Gasteiger partial charge in [0.05, 0.1) is 5.02 Å². The molecule has 1 amide bonds. The van der Waals surface area contributed by atoms with Crippen molar-refractivity contribution in [2.45, 2.75) is 18.8 Å². The summed E-state index contributed by atoms with van der Waals surface area (Å²) in [5.41, 5.74) is 0.626. The zero-order valence-electron chi connectivity index (χ0n) is 8.31. The molecule has 0 saturated carbocycles. The fourth-order valence-electron chi connectivity index (χ4n) is 1.85. The van der Waals surface area contributed by atoms with Crippen molar-refractivity contribution < 1.29 is 9.18 Å². The summed E-state index contributed by atoms with van der Waals surface area (Å²) in [5.74, 6) is -0.403. The number of carbonyl (C=O) groups excluding carboxylic acids is 1. The minimum Gasteiger partial charge on any atom is -0.355 e. The Hall–Kier alpha value is -1.09. The minimum atomic E-state index is -0.429. The highest BCUT2D eigenvalue weighted by atomic mass is 35.5. The van der Waals surface area contributed by atoms with Gasteiger partial charge in [0.1, 0.15) is 5.82 Å². The topological polar surface area (TPSA) is 29.1 Å². The fraction of sp³-hybridized carbons (Fsp3) is 0.364. The zero-order valence-corrected chi connectivity index (χ0v) is 9.07. The lowest BCUT2D eigenvalue weighted by molar-refractivity contribution is -0.119. The first-order valence-corrected chi connectivity index (χ1v) is 5.11. The zero-order chi connectivity index (χ0) is 11.1. The maximum atomic E-state index is 13.0. The van der Waals surface area contributed by atoms with Crippen LogP contribution in [0.1, 0.15) is 18.9 Å². The summed E-state index contributed by atoms with van der Waals surface area (Å²) < 4.78 is 13.0. The van der Waals surface area contributed by atoms with Gasteiger partial charge in [-0.1, -0.05) is 24.6 Å². The van der Waals surface area contributed by atoms with E-state index in [9.17, 15) is 9.18 Å². The van der Waals surface area contributed by atoms with Crippen LogP contribution >= 0.6 is 11.6 Å². The summed E-state index contributed by atoms with van der Waals surface area (Å²) >= 11 is 5.71. The molecule has 1 aliphatic rings. The summed E-state index contributed by atoms with van der Waals surface area (Å²) in [6.45, 7) is 2.54. The molecular formula is C11H11ClFNO. The van der Waals surface area contributed by atoms with Gasteiger partial charge >= 0.3 is 0 Å². The van der Waals surface area contributed by atoms with Crippen molar-refractivity contribution in [3.05, 3.63) is 34.6 Å². The van der Waals surface area contributed by atoms with Crippen LogP contribution in [0.15, 0.2) is 18.2 Å². The van der Waals surface area contributed by atoms with Gasteiger partial charge in [0.25, 0.3) is 0 Å². The molecule has 0 aromatic heterocycles. The van der Waals surface area contributed by atoms with Crippen LogP contribution in [0.3, 0.4) is 0 Å². The highest BCUT2D eigenvalue weighted by Gasteiger charge is 2.35. The summed E-state index contributed by atoms with van der Waals surface area (Å²) in [5, 5.41) is 2.87. The molecule has 4 heteroatoms. The Labute approximate surface area is 92.4 Å². The lowest BCUT2D eigenvalue weighted by atomic mass is 9.82. The normalized spacial score (nSPS) is 25.4. The Morgan fingerprint density at radius 3 is 2.80 bits per heavy atom. The highest BCUT2D eigenvalue weighted by Crippen LogP contribution is 2.32. The standard InChI is InChI=1S/C11H11ClFNO/c1-11(5-10(15)14-6-11)7-2-3-9(13)8(12)4-7/h2-4H,5-6H2,1H3,(H,14,15). The van der Waals surface area contributed by atoms with Gasteiger partial charge in [-0.05, 0) is 17.7 Å². The molecule has 15 heavy (non-hydrogen) atoms. The molecule has 2 rings (SSSR count). The van der Waals surface area contributed by atoms with Gasteiger partial charge in [-0.3, -0.25) is 4.79 Å². The first kappa shape index (κ1) is 10.4. The molecule has 1 aromatic rings. The predicted molar refractivity (Wildman–Crippen MR) is 56.4 cm³/mol. The number of benzene rings is 1. The highest BCUT2D eigenvalue weighted by molar-refractivity contribution is 6.30. The molecule has 1 saturated heterocycles. The van der Waals surface area contributed by atoms with Crippen molar-refractivity contribution in [1.82, 2.24) is 5.32 Å². The van der Waals surface area contributed by atoms with Gasteiger partial charge in [0, 0.05) is 18.4 Å². The van der Waals surface area contributed by atoms with Crippen LogP contribution in [0.5, 0.6) is 0 Å². The van der Waals surface area contributed by atoms with E-state index in [2.05, 4.69) is 5.32 Å². The van der Waals surface area contributed by atoms with Crippen LogP contribution in [0, 0.1) is 5.82 Å². The van der Waals surface area contributed by atoms with Gasteiger partial charge in [-0.2, -0.15) is 0 Å². The Morgan fingerprint density at radius 2 is 2.27 bits per heavy atom. The molecule has 1 heterocycles. The Bertz CT molecular complexity index is 421. The summed E-state index contributed by atoms with van der Waals surface area (Å²) in [6, 6.07) is 4.62. The second-order valence-electron chi connectivity index (χ2n) is 4.14. The molecule has 0 spiro atoms. The third-order valence-corrected chi connectivity index (χ3v) is 3.13. The average Bonchev–Trinajstić information content (AvgIpc) is 2.52. The fourth-order valence-corrected chi connectivity index (χ4v) is 2.03. The lowest BCUT2D eigenvalue weighted by Crippen LogP contribution is -2.24. The maximum absolute atomic E-state index is 13.0. The molecule has 1 atom stereocenters. The van der Waals surface area contributed by atoms with Gasteiger partial charge in [0.2, 0.25) is 5.91 Å². The van der Waals surface area contributed by atoms with Crippen molar-refractivity contribution in [2.75, 3.05) is 6.54 Å². The van der Waals surface area contributed by atoms with Crippen LogP contribution in [0.4, 0.5) is 4.39 Å². The molecule has 1 aromatic carbocycles. The number of rotatable bonds is 1. The quantitative estimate of drug-likeness (QED) is 0.784. The summed E-state index contributed by atoms with van der Waals surface area (Å²) in [6.07, 6.45) is 0.426. The van der Waals surface area contributed by atoms with Crippen molar-refractivity contribution in [3.8, 4) is 0 Å². The lowest BCUT2D eigenvalue weighted by Gasteiger charge is -2.22. The third kappa shape index (κ3) is 1.84. The number of halogens is 2. The molecule has 1 fully saturated rings. The van der Waals surface area contributed by atoms with E-state index in [0.717, 1.165) is 5.56 Å². The second kappa shape index (κ2) is 3.49. The van der Waals surface area contributed by atoms with Crippen molar-refractivity contribution >= 4 is 17.5 Å². The second-order valence-corrected chi connectivity index (χ2v) is 4.55. The van der Waals surface area contributed by atoms with Crippen molar-refractivity contribution in [2.24, 2.45) is 0 Å². The molecule has 0 aliphatic carbocycles. The van der Waals surface area contributed by atoms with E-state index in [1.807, 2.05) is 6.92 Å². The largest absolute Gasteiger partial charge is 0.355 e. The van der Waals surface area contributed by atoms with Crippen molar-refractivity contribution in [1.29, 1.82) is 0 Å². The van der Waals surface area contributed by atoms with Gasteiger partial charge in [0.15, 0.2) is 0 Å². The number of amides is 1. The number of hydrogen-bond acceptors (Lipinski definition) is 1. The van der Waals surface area contributed by atoms with Crippen LogP contribution < -0.4 is 5.32 Å². The minimum absolute atomic E-state index is 0.0259. The molecule has 0 bridgehead atoms. The monoisotopic (exact) mass is 227 g/mol. The summed E-state index contributed by atoms with van der Waals surface area (Å²) in [4.78, 5) is 11.2. The average molecular weight is 228 g/mol. The maximum Gasteiger partial charge on any atom is 0.220 e. The smallest absolute Gasteiger partial charge is 0.220 e. The van der Waals surface area contributed by atoms with E-state index in [0.29, 0.717) is 13.0 Å². The Morgan fingerprint density at radius 1 is 1.53 bits per heavy atom. The van der Waals surface area contributed by atoms with Crippen LogP contribution in [-0.4, -0.2) is 12.5 Å². The first-order chi connectivity index (χ1) is 7.01. The third-order valence-electron chi connectivity index (χ3n) is 2.84. The van der Waals surface area contributed by atoms with E-state index in [4.69, 9.17) is 11.6 Å². The van der Waals surface area contributed by atoms with Gasteiger partial charge < -0.3 is 5.32 Å².